The summed E-state index contributed by atoms with van der Waals surface area (Å²) >= 11 is 0. The van der Waals surface area contributed by atoms with E-state index in [-0.39, 0.29) is 29.5 Å². The fourth-order valence-electron chi connectivity index (χ4n) is 2.81. The summed E-state index contributed by atoms with van der Waals surface area (Å²) in [7, 11) is -3.76. The van der Waals surface area contributed by atoms with E-state index in [0.29, 0.717) is 5.69 Å². The van der Waals surface area contributed by atoms with Crippen LogP contribution >= 0.6 is 0 Å². The quantitative estimate of drug-likeness (QED) is 0.819. The summed E-state index contributed by atoms with van der Waals surface area (Å²) in [5.74, 6) is -0.0307. The molecule has 0 saturated carbocycles. The molecule has 2 rings (SSSR count). The van der Waals surface area contributed by atoms with Gasteiger partial charge < -0.3 is 9.84 Å². The van der Waals surface area contributed by atoms with E-state index in [1.807, 2.05) is 32.9 Å². The molecule has 25 heavy (non-hydrogen) atoms. The molecule has 1 aromatic carbocycles. The van der Waals surface area contributed by atoms with Crippen molar-refractivity contribution >= 4 is 21.6 Å². The van der Waals surface area contributed by atoms with Crippen LogP contribution in [-0.2, 0) is 14.8 Å². The summed E-state index contributed by atoms with van der Waals surface area (Å²) in [5.41, 5.74) is 4.13. The maximum Gasteiger partial charge on any atom is 0.245 e. The Balaban J connectivity index is 1.97. The highest BCUT2D eigenvalue weighted by atomic mass is 32.2. The highest BCUT2D eigenvalue weighted by Gasteiger charge is 2.23. The van der Waals surface area contributed by atoms with Gasteiger partial charge >= 0.3 is 0 Å². The van der Waals surface area contributed by atoms with Crippen LogP contribution in [0.15, 0.2) is 21.6 Å². The normalized spacial score (nSPS) is 11.6. The van der Waals surface area contributed by atoms with Crippen molar-refractivity contribution in [2.45, 2.75) is 45.9 Å². The van der Waals surface area contributed by atoms with Crippen LogP contribution in [0.5, 0.6) is 0 Å². The first-order valence-corrected chi connectivity index (χ1v) is 9.40. The molecule has 0 aliphatic heterocycles. The zero-order chi connectivity index (χ0) is 18.8. The fraction of sp³-hybridized carbons (Fsp3) is 0.412. The van der Waals surface area contributed by atoms with Gasteiger partial charge in [0.1, 0.15) is 10.6 Å². The number of sulfonamides is 1. The van der Waals surface area contributed by atoms with Crippen molar-refractivity contribution in [2.24, 2.45) is 0 Å². The van der Waals surface area contributed by atoms with Crippen LogP contribution in [0.3, 0.4) is 0 Å². The molecule has 0 aliphatic carbocycles. The van der Waals surface area contributed by atoms with Crippen molar-refractivity contribution < 1.29 is 17.7 Å². The number of carbonyl (C=O) groups excluding carboxylic acids is 1. The van der Waals surface area contributed by atoms with Crippen molar-refractivity contribution in [2.75, 3.05) is 11.9 Å². The van der Waals surface area contributed by atoms with E-state index in [1.165, 1.54) is 6.92 Å². The van der Waals surface area contributed by atoms with E-state index in [9.17, 15) is 13.2 Å². The van der Waals surface area contributed by atoms with Crippen LogP contribution in [0.25, 0.3) is 0 Å². The minimum absolute atomic E-state index is 0.0117. The van der Waals surface area contributed by atoms with Crippen molar-refractivity contribution in [1.82, 2.24) is 9.88 Å². The third-order valence-corrected chi connectivity index (χ3v) is 5.53. The average molecular weight is 365 g/mol. The van der Waals surface area contributed by atoms with Crippen LogP contribution in [0.2, 0.25) is 0 Å². The van der Waals surface area contributed by atoms with Gasteiger partial charge in [0, 0.05) is 18.7 Å². The number of rotatable bonds is 6. The Morgan fingerprint density at radius 3 is 2.24 bits per heavy atom. The van der Waals surface area contributed by atoms with Crippen LogP contribution in [0.1, 0.15) is 34.6 Å². The minimum atomic E-state index is -3.76. The number of aryl methyl sites for hydroxylation is 5. The second-order valence-corrected chi connectivity index (χ2v) is 7.83. The van der Waals surface area contributed by atoms with Gasteiger partial charge in [0.25, 0.3) is 0 Å². The molecule has 0 radical (unpaired) electrons. The average Bonchev–Trinajstić information content (AvgIpc) is 2.82. The number of nitrogens with one attached hydrogen (secondary N) is 2. The van der Waals surface area contributed by atoms with E-state index in [0.717, 1.165) is 22.4 Å². The lowest BCUT2D eigenvalue weighted by Gasteiger charge is -2.13. The second-order valence-electron chi connectivity index (χ2n) is 6.12. The first-order valence-electron chi connectivity index (χ1n) is 7.92. The Hall–Kier alpha value is -2.19. The molecule has 0 spiro atoms. The summed E-state index contributed by atoms with van der Waals surface area (Å²) in [6, 6.07) is 3.98. The number of aromatic nitrogens is 1. The summed E-state index contributed by atoms with van der Waals surface area (Å²) < 4.78 is 31.8. The fourth-order valence-corrected chi connectivity index (χ4v) is 4.17. The van der Waals surface area contributed by atoms with E-state index in [2.05, 4.69) is 15.2 Å². The van der Waals surface area contributed by atoms with Gasteiger partial charge in [-0.05, 0) is 45.7 Å². The van der Waals surface area contributed by atoms with Gasteiger partial charge in [-0.15, -0.1) is 0 Å². The van der Waals surface area contributed by atoms with Crippen LogP contribution in [0, 0.1) is 34.6 Å². The molecule has 2 N–H and O–H groups in total. The molecular weight excluding hydrogens is 342 g/mol. The number of nitrogens with zero attached hydrogens (tertiary/aromatic N) is 1. The molecule has 2 aromatic rings. The molecule has 8 heteroatoms. The highest BCUT2D eigenvalue weighted by Crippen LogP contribution is 2.22. The van der Waals surface area contributed by atoms with Crippen LogP contribution < -0.4 is 10.0 Å². The lowest BCUT2D eigenvalue weighted by Crippen LogP contribution is -2.28. The molecule has 1 heterocycles. The van der Waals surface area contributed by atoms with Crippen molar-refractivity contribution in [3.05, 3.63) is 40.3 Å². The standard InChI is InChI=1S/C17H23N3O4S/c1-10-8-11(2)16(12(3)9-10)19-15(21)6-7-18-25(22,23)17-13(4)20-24-14(17)5/h8-9,18H,6-7H2,1-5H3,(H,19,21). The first-order chi connectivity index (χ1) is 11.6. The largest absolute Gasteiger partial charge is 0.360 e. The van der Waals surface area contributed by atoms with Gasteiger partial charge in [-0.1, -0.05) is 22.9 Å². The summed E-state index contributed by atoms with van der Waals surface area (Å²) in [6.07, 6.45) is 0.0232. The number of benzene rings is 1. The minimum Gasteiger partial charge on any atom is -0.360 e. The molecule has 136 valence electrons. The maximum absolute atomic E-state index is 12.3. The van der Waals surface area contributed by atoms with E-state index < -0.39 is 10.0 Å². The van der Waals surface area contributed by atoms with Gasteiger partial charge in [-0.25, -0.2) is 13.1 Å². The van der Waals surface area contributed by atoms with Gasteiger partial charge in [0.15, 0.2) is 5.76 Å². The summed E-state index contributed by atoms with van der Waals surface area (Å²) in [5, 5.41) is 6.48. The van der Waals surface area contributed by atoms with Crippen LogP contribution in [-0.4, -0.2) is 26.0 Å². The topological polar surface area (TPSA) is 101 Å². The lowest BCUT2D eigenvalue weighted by atomic mass is 10.1. The summed E-state index contributed by atoms with van der Waals surface area (Å²) in [6.45, 7) is 8.92. The van der Waals surface area contributed by atoms with Gasteiger partial charge in [-0.2, -0.15) is 0 Å². The molecule has 0 atom stereocenters. The molecule has 0 aliphatic rings. The molecule has 7 nitrogen and oxygen atoms in total. The number of anilines is 1. The molecule has 0 bridgehead atoms. The molecule has 1 amide bonds. The molecule has 1 aromatic heterocycles. The van der Waals surface area contributed by atoms with Crippen LogP contribution in [0.4, 0.5) is 5.69 Å². The first kappa shape index (κ1) is 19.1. The molecule has 0 fully saturated rings. The Bertz CT molecular complexity index is 858. The van der Waals surface area contributed by atoms with E-state index in [1.54, 1.807) is 6.92 Å². The van der Waals surface area contributed by atoms with Crippen molar-refractivity contribution in [3.8, 4) is 0 Å². The lowest BCUT2D eigenvalue weighted by molar-refractivity contribution is -0.116. The SMILES string of the molecule is Cc1cc(C)c(NC(=O)CCNS(=O)(=O)c2c(C)noc2C)c(C)c1. The molecule has 0 saturated heterocycles. The molecular formula is C17H23N3O4S. The highest BCUT2D eigenvalue weighted by molar-refractivity contribution is 7.89. The second kappa shape index (κ2) is 7.37. The maximum atomic E-state index is 12.3. The van der Waals surface area contributed by atoms with E-state index >= 15 is 0 Å². The molecule has 0 unspecified atom stereocenters. The number of carbonyl (C=O) groups is 1. The summed E-state index contributed by atoms with van der Waals surface area (Å²) in [4.78, 5) is 12.2. The predicted octanol–water partition coefficient (Wildman–Crippen LogP) is 2.52. The van der Waals surface area contributed by atoms with Crippen molar-refractivity contribution in [1.29, 1.82) is 0 Å². The Morgan fingerprint density at radius 2 is 1.72 bits per heavy atom. The van der Waals surface area contributed by atoms with Gasteiger partial charge in [0.2, 0.25) is 15.9 Å². The van der Waals surface area contributed by atoms with Crippen molar-refractivity contribution in [3.63, 3.8) is 0 Å². The third-order valence-electron chi connectivity index (χ3n) is 3.82. The Morgan fingerprint density at radius 1 is 1.12 bits per heavy atom. The van der Waals surface area contributed by atoms with Gasteiger partial charge in [0.05, 0.1) is 0 Å². The Labute approximate surface area is 147 Å². The third kappa shape index (κ3) is 4.46. The van der Waals surface area contributed by atoms with E-state index in [4.69, 9.17) is 4.52 Å². The Kier molecular flexibility index (Phi) is 5.64. The zero-order valence-electron chi connectivity index (χ0n) is 15.1. The predicted molar refractivity (Wildman–Crippen MR) is 95.1 cm³/mol. The zero-order valence-corrected chi connectivity index (χ0v) is 15.9. The smallest absolute Gasteiger partial charge is 0.245 e. The number of hydrogen-bond donors (Lipinski definition) is 2. The monoisotopic (exact) mass is 365 g/mol. The number of hydrogen-bond acceptors (Lipinski definition) is 5. The van der Waals surface area contributed by atoms with Gasteiger partial charge in [-0.3, -0.25) is 4.79 Å². The number of amides is 1.